The third kappa shape index (κ3) is 5.48. The highest BCUT2D eigenvalue weighted by molar-refractivity contribution is 5.87. The maximum Gasteiger partial charge on any atom is 0.334 e. The number of nitrogens with one attached hydrogen (secondary N) is 2. The largest absolute Gasteiger partial charge is 0.479 e. The van der Waals surface area contributed by atoms with E-state index in [0.29, 0.717) is 0 Å². The molecule has 0 spiro atoms. The smallest absolute Gasteiger partial charge is 0.334 e. The number of carboxylic acids is 1. The monoisotopic (exact) mass is 261 g/mol. The molecule has 104 valence electrons. The van der Waals surface area contributed by atoms with Crippen LogP contribution in [0.25, 0.3) is 0 Å². The lowest BCUT2D eigenvalue weighted by molar-refractivity contribution is -0.148. The van der Waals surface area contributed by atoms with Crippen LogP contribution in [0.2, 0.25) is 0 Å². The summed E-state index contributed by atoms with van der Waals surface area (Å²) in [5.74, 6) is -1.86. The molecule has 0 fully saturated rings. The predicted molar refractivity (Wildman–Crippen MR) is 62.8 cm³/mol. The van der Waals surface area contributed by atoms with Crippen molar-refractivity contribution < 1.29 is 24.2 Å². The fraction of sp³-hybridized carbons (Fsp3) is 0.700. The van der Waals surface area contributed by atoms with E-state index >= 15 is 0 Å². The molecule has 0 aliphatic rings. The van der Waals surface area contributed by atoms with Gasteiger partial charge < -0.3 is 26.2 Å². The molecule has 8 heteroatoms. The summed E-state index contributed by atoms with van der Waals surface area (Å²) in [5.41, 5.74) is 4.95. The maximum atomic E-state index is 11.7. The molecule has 8 nitrogen and oxygen atoms in total. The van der Waals surface area contributed by atoms with Crippen molar-refractivity contribution in [2.45, 2.75) is 26.0 Å². The highest BCUT2D eigenvalue weighted by Gasteiger charge is 2.25. The molecule has 0 radical (unpaired) electrons. The van der Waals surface area contributed by atoms with E-state index in [9.17, 15) is 14.4 Å². The lowest BCUT2D eigenvalue weighted by atomic mass is 10.0. The van der Waals surface area contributed by atoms with E-state index in [-0.39, 0.29) is 12.5 Å². The third-order valence-corrected chi connectivity index (χ3v) is 2.27. The van der Waals surface area contributed by atoms with Crippen LogP contribution in [0.1, 0.15) is 13.8 Å². The molecule has 0 aliphatic carbocycles. The van der Waals surface area contributed by atoms with E-state index in [1.807, 2.05) is 0 Å². The summed E-state index contributed by atoms with van der Waals surface area (Å²) in [4.78, 5) is 33.1. The van der Waals surface area contributed by atoms with E-state index in [0.717, 1.165) is 0 Å². The van der Waals surface area contributed by atoms with Gasteiger partial charge in [-0.3, -0.25) is 4.79 Å². The SMILES string of the molecule is COC(CNC(=O)C(NC(N)=O)C(C)C)C(=O)O. The molecule has 3 amide bonds. The van der Waals surface area contributed by atoms with Gasteiger partial charge in [-0.15, -0.1) is 0 Å². The zero-order chi connectivity index (χ0) is 14.3. The van der Waals surface area contributed by atoms with Gasteiger partial charge >= 0.3 is 12.0 Å². The molecule has 0 saturated carbocycles. The van der Waals surface area contributed by atoms with Crippen molar-refractivity contribution in [1.29, 1.82) is 0 Å². The number of carbonyl (C=O) groups excluding carboxylic acids is 2. The van der Waals surface area contributed by atoms with Crippen LogP contribution in [-0.2, 0) is 14.3 Å². The van der Waals surface area contributed by atoms with Crippen LogP contribution in [0.15, 0.2) is 0 Å². The zero-order valence-electron chi connectivity index (χ0n) is 10.6. The number of ether oxygens (including phenoxy) is 1. The molecule has 0 aliphatic heterocycles. The predicted octanol–water partition coefficient (Wildman–Crippen LogP) is -1.10. The molecule has 0 saturated heterocycles. The average molecular weight is 261 g/mol. The molecule has 0 heterocycles. The van der Waals surface area contributed by atoms with Gasteiger partial charge in [0.25, 0.3) is 0 Å². The Morgan fingerprint density at radius 2 is 1.89 bits per heavy atom. The Morgan fingerprint density at radius 1 is 1.33 bits per heavy atom. The summed E-state index contributed by atoms with van der Waals surface area (Å²) in [7, 11) is 1.23. The highest BCUT2D eigenvalue weighted by Crippen LogP contribution is 2.01. The van der Waals surface area contributed by atoms with E-state index < -0.39 is 30.1 Å². The van der Waals surface area contributed by atoms with Crippen LogP contribution in [0.5, 0.6) is 0 Å². The van der Waals surface area contributed by atoms with Gasteiger partial charge in [-0.1, -0.05) is 13.8 Å². The van der Waals surface area contributed by atoms with Gasteiger partial charge in [0.2, 0.25) is 5.91 Å². The first kappa shape index (κ1) is 16.2. The van der Waals surface area contributed by atoms with Crippen molar-refractivity contribution in [2.75, 3.05) is 13.7 Å². The second-order valence-electron chi connectivity index (χ2n) is 4.04. The van der Waals surface area contributed by atoms with Crippen LogP contribution in [0.3, 0.4) is 0 Å². The number of methoxy groups -OCH3 is 1. The quantitative estimate of drug-likeness (QED) is 0.462. The molecular weight excluding hydrogens is 242 g/mol. The number of carboxylic acid groups (broad SMARTS) is 1. The van der Waals surface area contributed by atoms with Gasteiger partial charge in [0.1, 0.15) is 6.04 Å². The van der Waals surface area contributed by atoms with Crippen LogP contribution >= 0.6 is 0 Å². The average Bonchev–Trinajstić information content (AvgIpc) is 2.25. The summed E-state index contributed by atoms with van der Waals surface area (Å²) in [6.07, 6.45) is -1.13. The Bertz CT molecular complexity index is 319. The third-order valence-electron chi connectivity index (χ3n) is 2.27. The Labute approximate surface area is 105 Å². The minimum Gasteiger partial charge on any atom is -0.479 e. The van der Waals surface area contributed by atoms with Gasteiger partial charge in [-0.2, -0.15) is 0 Å². The van der Waals surface area contributed by atoms with E-state index in [1.54, 1.807) is 13.8 Å². The number of urea groups is 1. The summed E-state index contributed by atoms with van der Waals surface area (Å²) >= 11 is 0. The Morgan fingerprint density at radius 3 is 2.22 bits per heavy atom. The van der Waals surface area contributed by atoms with E-state index in [2.05, 4.69) is 15.4 Å². The second-order valence-corrected chi connectivity index (χ2v) is 4.04. The standard InChI is InChI=1S/C10H19N3O5/c1-5(2)7(13-10(11)17)8(14)12-4-6(18-3)9(15)16/h5-7H,4H2,1-3H3,(H,12,14)(H,15,16)(H3,11,13,17). The van der Waals surface area contributed by atoms with Gasteiger partial charge in [0.15, 0.2) is 6.10 Å². The minimum absolute atomic E-state index is 0.177. The molecule has 18 heavy (non-hydrogen) atoms. The lowest BCUT2D eigenvalue weighted by Crippen LogP contribution is -2.53. The topological polar surface area (TPSA) is 131 Å². The van der Waals surface area contributed by atoms with Crippen molar-refractivity contribution in [1.82, 2.24) is 10.6 Å². The fourth-order valence-corrected chi connectivity index (χ4v) is 1.26. The maximum absolute atomic E-state index is 11.7. The number of hydrogen-bond donors (Lipinski definition) is 4. The van der Waals surface area contributed by atoms with E-state index in [1.165, 1.54) is 7.11 Å². The number of carbonyl (C=O) groups is 3. The van der Waals surface area contributed by atoms with Gasteiger partial charge in [-0.05, 0) is 5.92 Å². The van der Waals surface area contributed by atoms with Crippen LogP contribution in [-0.4, -0.2) is 48.8 Å². The van der Waals surface area contributed by atoms with Gasteiger partial charge in [0.05, 0.1) is 6.54 Å². The van der Waals surface area contributed by atoms with Crippen molar-refractivity contribution in [3.8, 4) is 0 Å². The first-order valence-electron chi connectivity index (χ1n) is 5.38. The fourth-order valence-electron chi connectivity index (χ4n) is 1.26. The minimum atomic E-state index is -1.18. The summed E-state index contributed by atoms with van der Waals surface area (Å²) in [6.45, 7) is 3.27. The molecular formula is C10H19N3O5. The van der Waals surface area contributed by atoms with Crippen LogP contribution in [0.4, 0.5) is 4.79 Å². The highest BCUT2D eigenvalue weighted by atomic mass is 16.5. The Kier molecular flexibility index (Phi) is 6.73. The summed E-state index contributed by atoms with van der Waals surface area (Å²) < 4.78 is 4.66. The molecule has 0 aromatic heterocycles. The summed E-state index contributed by atoms with van der Waals surface area (Å²) in [5, 5.41) is 13.4. The molecule has 5 N–H and O–H groups in total. The molecule has 0 bridgehead atoms. The second kappa shape index (κ2) is 7.49. The van der Waals surface area contributed by atoms with Crippen molar-refractivity contribution >= 4 is 17.9 Å². The summed E-state index contributed by atoms with van der Waals surface area (Å²) in [6, 6.07) is -1.63. The number of rotatable bonds is 7. The number of nitrogens with two attached hydrogens (primary N) is 1. The first-order chi connectivity index (χ1) is 8.29. The molecule has 2 unspecified atom stereocenters. The molecule has 2 atom stereocenters. The Hall–Kier alpha value is -1.83. The number of primary amides is 1. The molecule has 0 aromatic rings. The number of amides is 3. The molecule has 0 rings (SSSR count). The van der Waals surface area contributed by atoms with Crippen LogP contribution < -0.4 is 16.4 Å². The Balaban J connectivity index is 4.43. The number of hydrogen-bond acceptors (Lipinski definition) is 4. The van der Waals surface area contributed by atoms with Crippen molar-refractivity contribution in [2.24, 2.45) is 11.7 Å². The molecule has 0 aromatic carbocycles. The zero-order valence-corrected chi connectivity index (χ0v) is 10.6. The normalized spacial score (nSPS) is 13.8. The van der Waals surface area contributed by atoms with Gasteiger partial charge in [-0.25, -0.2) is 9.59 Å². The van der Waals surface area contributed by atoms with E-state index in [4.69, 9.17) is 10.8 Å². The van der Waals surface area contributed by atoms with Crippen molar-refractivity contribution in [3.63, 3.8) is 0 Å². The lowest BCUT2D eigenvalue weighted by Gasteiger charge is -2.21. The number of aliphatic carboxylic acids is 1. The van der Waals surface area contributed by atoms with Gasteiger partial charge in [0, 0.05) is 7.11 Å². The van der Waals surface area contributed by atoms with Crippen molar-refractivity contribution in [3.05, 3.63) is 0 Å². The van der Waals surface area contributed by atoms with Crippen LogP contribution in [0, 0.1) is 5.92 Å². The first-order valence-corrected chi connectivity index (χ1v) is 5.38.